The zero-order valence-corrected chi connectivity index (χ0v) is 12.9. The third-order valence-electron chi connectivity index (χ3n) is 3.03. The van der Waals surface area contributed by atoms with E-state index in [4.69, 9.17) is 4.74 Å². The summed E-state index contributed by atoms with van der Waals surface area (Å²) in [6.07, 6.45) is 2.03. The fraction of sp³-hybridized carbons (Fsp3) is 0.235. The summed E-state index contributed by atoms with van der Waals surface area (Å²) in [5.41, 5.74) is 1.84. The number of nitrogens with one attached hydrogen (secondary N) is 1. The van der Waals surface area contributed by atoms with Crippen molar-refractivity contribution in [3.05, 3.63) is 54.4 Å². The Balaban J connectivity index is 2.06. The van der Waals surface area contributed by atoms with Crippen molar-refractivity contribution in [2.75, 3.05) is 11.9 Å². The molecule has 1 N–H and O–H groups in total. The van der Waals surface area contributed by atoms with E-state index >= 15 is 0 Å². The molecule has 0 radical (unpaired) electrons. The van der Waals surface area contributed by atoms with Gasteiger partial charge >= 0.3 is 0 Å². The fourth-order valence-electron chi connectivity index (χ4n) is 1.88. The van der Waals surface area contributed by atoms with Gasteiger partial charge in [0, 0.05) is 16.1 Å². The molecule has 0 fully saturated rings. The molecule has 110 valence electrons. The molecule has 0 saturated carbocycles. The van der Waals surface area contributed by atoms with Gasteiger partial charge in [-0.3, -0.25) is 4.79 Å². The monoisotopic (exact) mass is 301 g/mol. The van der Waals surface area contributed by atoms with Crippen LogP contribution in [0.15, 0.2) is 54.4 Å². The third-order valence-corrected chi connectivity index (χ3v) is 3.93. The van der Waals surface area contributed by atoms with E-state index in [1.54, 1.807) is 24.3 Å². The second-order valence-corrected chi connectivity index (χ2v) is 5.55. The molecule has 1 aromatic heterocycles. The first kappa shape index (κ1) is 15.5. The van der Waals surface area contributed by atoms with Crippen LogP contribution in [0, 0.1) is 0 Å². The molecule has 1 heterocycles. The first-order valence-corrected chi connectivity index (χ1v) is 7.76. The zero-order valence-electron chi connectivity index (χ0n) is 12.0. The van der Waals surface area contributed by atoms with E-state index in [1.165, 1.54) is 0 Å². The number of thiophene rings is 1. The lowest BCUT2D eigenvalue weighted by Crippen LogP contribution is -2.28. The number of rotatable bonds is 7. The summed E-state index contributed by atoms with van der Waals surface area (Å²) in [7, 11) is 0. The van der Waals surface area contributed by atoms with Gasteiger partial charge in [0.1, 0.15) is 6.10 Å². The highest BCUT2D eigenvalue weighted by Crippen LogP contribution is 2.31. The van der Waals surface area contributed by atoms with Crippen molar-refractivity contribution in [1.29, 1.82) is 0 Å². The van der Waals surface area contributed by atoms with Crippen LogP contribution >= 0.6 is 11.3 Å². The lowest BCUT2D eigenvalue weighted by Gasteiger charge is -2.15. The van der Waals surface area contributed by atoms with Crippen LogP contribution in [0.5, 0.6) is 0 Å². The minimum Gasteiger partial charge on any atom is -0.368 e. The van der Waals surface area contributed by atoms with Crippen molar-refractivity contribution in [2.45, 2.75) is 19.4 Å². The lowest BCUT2D eigenvalue weighted by atomic mass is 10.1. The minimum absolute atomic E-state index is 0.136. The molecule has 21 heavy (non-hydrogen) atoms. The molecule has 1 aromatic carbocycles. The molecule has 0 bridgehead atoms. The normalized spacial score (nSPS) is 11.9. The van der Waals surface area contributed by atoms with E-state index in [0.717, 1.165) is 22.5 Å². The van der Waals surface area contributed by atoms with E-state index in [1.807, 2.05) is 41.8 Å². The van der Waals surface area contributed by atoms with Crippen LogP contribution in [0.2, 0.25) is 0 Å². The molecule has 0 aliphatic carbocycles. The molecule has 1 atom stereocenters. The van der Waals surface area contributed by atoms with E-state index < -0.39 is 6.10 Å². The Hall–Kier alpha value is -1.91. The highest BCUT2D eigenvalue weighted by atomic mass is 32.1. The van der Waals surface area contributed by atoms with Crippen molar-refractivity contribution in [3.8, 4) is 10.4 Å². The predicted octanol–water partition coefficient (Wildman–Crippen LogP) is 4.33. The summed E-state index contributed by atoms with van der Waals surface area (Å²) >= 11 is 1.65. The molecule has 2 rings (SSSR count). The number of para-hydroxylation sites is 1. The van der Waals surface area contributed by atoms with Gasteiger partial charge in [0.15, 0.2) is 0 Å². The average Bonchev–Trinajstić information content (AvgIpc) is 3.02. The number of hydrogen-bond acceptors (Lipinski definition) is 3. The highest BCUT2D eigenvalue weighted by molar-refractivity contribution is 7.13. The van der Waals surface area contributed by atoms with Crippen LogP contribution in [0.4, 0.5) is 5.69 Å². The number of ether oxygens (including phenoxy) is 1. The molecular formula is C17H19NO2S. The van der Waals surface area contributed by atoms with E-state index in [2.05, 4.69) is 11.9 Å². The Labute approximate surface area is 129 Å². The fourth-order valence-corrected chi connectivity index (χ4v) is 2.64. The average molecular weight is 301 g/mol. The molecule has 1 unspecified atom stereocenters. The summed E-state index contributed by atoms with van der Waals surface area (Å²) in [6, 6.07) is 11.8. The third kappa shape index (κ3) is 4.28. The van der Waals surface area contributed by atoms with Crippen LogP contribution in [-0.2, 0) is 9.53 Å². The maximum absolute atomic E-state index is 12.2. The van der Waals surface area contributed by atoms with Gasteiger partial charge in [0.25, 0.3) is 5.91 Å². The van der Waals surface area contributed by atoms with Crippen LogP contribution in [-0.4, -0.2) is 18.6 Å². The summed E-state index contributed by atoms with van der Waals surface area (Å²) in [5, 5.41) is 4.97. The molecule has 2 aromatic rings. The lowest BCUT2D eigenvalue weighted by molar-refractivity contribution is -0.126. The topological polar surface area (TPSA) is 38.3 Å². The Morgan fingerprint density at radius 1 is 1.38 bits per heavy atom. The quantitative estimate of drug-likeness (QED) is 0.610. The molecule has 4 heteroatoms. The molecular weight excluding hydrogens is 282 g/mol. The molecule has 0 aliphatic rings. The highest BCUT2D eigenvalue weighted by Gasteiger charge is 2.15. The van der Waals surface area contributed by atoms with Crippen molar-refractivity contribution in [1.82, 2.24) is 0 Å². The van der Waals surface area contributed by atoms with Crippen molar-refractivity contribution < 1.29 is 9.53 Å². The number of hydrogen-bond donors (Lipinski definition) is 1. The number of anilines is 1. The standard InChI is InChI=1S/C17H19NO2S/c1-3-4-11-20-13(2)17(19)18-15-9-6-5-8-14(15)16-10-7-12-21-16/h3,5-10,12-13H,1,4,11H2,2H3,(H,18,19). The van der Waals surface area contributed by atoms with Crippen molar-refractivity contribution >= 4 is 22.9 Å². The Morgan fingerprint density at radius 2 is 2.19 bits per heavy atom. The van der Waals surface area contributed by atoms with Gasteiger partial charge in [-0.1, -0.05) is 30.3 Å². The van der Waals surface area contributed by atoms with Gasteiger partial charge in [-0.2, -0.15) is 0 Å². The number of carbonyl (C=O) groups excluding carboxylic acids is 1. The SMILES string of the molecule is C=CCCOC(C)C(=O)Nc1ccccc1-c1cccs1. The molecule has 0 aliphatic heterocycles. The van der Waals surface area contributed by atoms with E-state index in [-0.39, 0.29) is 5.91 Å². The summed E-state index contributed by atoms with van der Waals surface area (Å²) in [6.45, 7) is 5.89. The van der Waals surface area contributed by atoms with Crippen molar-refractivity contribution in [3.63, 3.8) is 0 Å². The Morgan fingerprint density at radius 3 is 2.90 bits per heavy atom. The van der Waals surface area contributed by atoms with E-state index in [9.17, 15) is 4.79 Å². The van der Waals surface area contributed by atoms with Crippen LogP contribution in [0.3, 0.4) is 0 Å². The maximum Gasteiger partial charge on any atom is 0.253 e. The van der Waals surface area contributed by atoms with Gasteiger partial charge in [0.2, 0.25) is 0 Å². The van der Waals surface area contributed by atoms with Gasteiger partial charge in [-0.15, -0.1) is 17.9 Å². The molecule has 0 spiro atoms. The molecule has 3 nitrogen and oxygen atoms in total. The second kappa shape index (κ2) is 7.76. The molecule has 1 amide bonds. The van der Waals surface area contributed by atoms with Gasteiger partial charge in [-0.05, 0) is 30.9 Å². The maximum atomic E-state index is 12.2. The van der Waals surface area contributed by atoms with Crippen LogP contribution < -0.4 is 5.32 Å². The molecule has 0 saturated heterocycles. The van der Waals surface area contributed by atoms with Crippen LogP contribution in [0.25, 0.3) is 10.4 Å². The number of amides is 1. The van der Waals surface area contributed by atoms with Gasteiger partial charge < -0.3 is 10.1 Å². The zero-order chi connectivity index (χ0) is 15.1. The number of benzene rings is 1. The van der Waals surface area contributed by atoms with Crippen molar-refractivity contribution in [2.24, 2.45) is 0 Å². The summed E-state index contributed by atoms with van der Waals surface area (Å²) in [5.74, 6) is -0.136. The smallest absolute Gasteiger partial charge is 0.253 e. The predicted molar refractivity (Wildman–Crippen MR) is 88.6 cm³/mol. The van der Waals surface area contributed by atoms with E-state index in [0.29, 0.717) is 6.61 Å². The summed E-state index contributed by atoms with van der Waals surface area (Å²) in [4.78, 5) is 13.3. The largest absolute Gasteiger partial charge is 0.368 e. The summed E-state index contributed by atoms with van der Waals surface area (Å²) < 4.78 is 5.47. The minimum atomic E-state index is -0.485. The Kier molecular flexibility index (Phi) is 5.72. The first-order valence-electron chi connectivity index (χ1n) is 6.88. The van der Waals surface area contributed by atoms with Gasteiger partial charge in [-0.25, -0.2) is 0 Å². The Bertz CT molecular complexity index is 593. The first-order chi connectivity index (χ1) is 10.2. The number of carbonyl (C=O) groups is 1. The van der Waals surface area contributed by atoms with Crippen LogP contribution in [0.1, 0.15) is 13.3 Å². The van der Waals surface area contributed by atoms with Gasteiger partial charge in [0.05, 0.1) is 6.61 Å². The second-order valence-electron chi connectivity index (χ2n) is 4.60.